The van der Waals surface area contributed by atoms with Gasteiger partial charge in [0.2, 0.25) is 5.91 Å². The molecule has 0 aliphatic carbocycles. The number of halogens is 4. The summed E-state index contributed by atoms with van der Waals surface area (Å²) in [5, 5.41) is 6.15. The lowest BCUT2D eigenvalue weighted by molar-refractivity contribution is -0.135. The second-order valence-electron chi connectivity index (χ2n) is 12.7. The highest BCUT2D eigenvalue weighted by atomic mass is 35.5. The average Bonchev–Trinajstić information content (AvgIpc) is 3.95. The number of benzene rings is 2. The number of likely N-dealkylation sites (tertiary alicyclic amines) is 1. The van der Waals surface area contributed by atoms with Crippen LogP contribution in [-0.4, -0.2) is 70.1 Å². The molecule has 6 rings (SSSR count). The molecule has 2 aromatic carbocycles. The molecule has 2 aromatic heterocycles. The Bertz CT molecular complexity index is 1920. The van der Waals surface area contributed by atoms with E-state index in [2.05, 4.69) is 72.4 Å². The molecule has 53 heavy (non-hydrogen) atoms. The van der Waals surface area contributed by atoms with E-state index < -0.39 is 12.1 Å². The van der Waals surface area contributed by atoms with Gasteiger partial charge in [-0.1, -0.05) is 44.0 Å². The quantitative estimate of drug-likeness (QED) is 0.140. The molecule has 2 unspecified atom stereocenters. The Labute approximate surface area is 335 Å². The Morgan fingerprint density at radius 1 is 0.943 bits per heavy atom. The Balaban J connectivity index is 0.00000243. The number of rotatable bonds is 8. The number of H-pyrrole nitrogens is 2. The van der Waals surface area contributed by atoms with Crippen molar-refractivity contribution in [1.82, 2.24) is 35.5 Å². The van der Waals surface area contributed by atoms with Crippen LogP contribution in [0.2, 0.25) is 0 Å². The van der Waals surface area contributed by atoms with E-state index in [0.29, 0.717) is 12.4 Å². The summed E-state index contributed by atoms with van der Waals surface area (Å²) in [6, 6.07) is 15.6. The van der Waals surface area contributed by atoms with Crippen molar-refractivity contribution in [2.75, 3.05) is 32.1 Å². The van der Waals surface area contributed by atoms with Crippen LogP contribution in [-0.2, 0) is 9.53 Å². The summed E-state index contributed by atoms with van der Waals surface area (Å²) < 4.78 is 4.77. The first-order chi connectivity index (χ1) is 23.8. The number of methoxy groups -OCH3 is 1. The lowest BCUT2D eigenvalue weighted by atomic mass is 10.0. The maximum Gasteiger partial charge on any atom is 0.407 e. The van der Waals surface area contributed by atoms with Crippen LogP contribution in [0.25, 0.3) is 11.3 Å². The molecule has 4 N–H and O–H groups in total. The molecule has 15 heteroatoms. The number of carbonyl (C=O) groups is 2. The lowest BCUT2D eigenvalue weighted by Crippen LogP contribution is -2.51. The van der Waals surface area contributed by atoms with Crippen molar-refractivity contribution in [3.05, 3.63) is 83.8 Å². The van der Waals surface area contributed by atoms with Gasteiger partial charge >= 0.3 is 6.09 Å². The molecule has 0 spiro atoms. The fourth-order valence-electron chi connectivity index (χ4n) is 6.41. The summed E-state index contributed by atoms with van der Waals surface area (Å²) in [5.41, 5.74) is 5.27. The minimum Gasteiger partial charge on any atom is -0.453 e. The second kappa shape index (κ2) is 20.8. The number of amides is 2. The van der Waals surface area contributed by atoms with Crippen LogP contribution in [0.4, 0.5) is 16.2 Å². The Morgan fingerprint density at radius 3 is 2.38 bits per heavy atom. The number of hydrogen-bond donors (Lipinski definition) is 4. The number of alkyl carbamates (subject to hydrolysis) is 1. The van der Waals surface area contributed by atoms with Gasteiger partial charge in [0.05, 0.1) is 43.0 Å². The lowest BCUT2D eigenvalue weighted by Gasteiger charge is -2.30. The van der Waals surface area contributed by atoms with Crippen LogP contribution in [0.5, 0.6) is 0 Å². The number of nitrogens with one attached hydrogen (secondary N) is 4. The smallest absolute Gasteiger partial charge is 0.407 e. The number of para-hydroxylation sites is 1. The molecular formula is C38H46Cl4N8O3. The average molecular weight is 805 g/mol. The van der Waals surface area contributed by atoms with Crippen molar-refractivity contribution in [3.8, 4) is 34.9 Å². The van der Waals surface area contributed by atoms with E-state index in [4.69, 9.17) is 9.72 Å². The molecule has 4 heterocycles. The molecule has 2 aliphatic rings. The van der Waals surface area contributed by atoms with Gasteiger partial charge in [0.15, 0.2) is 0 Å². The number of aromatic amines is 2. The molecule has 2 aliphatic heterocycles. The maximum atomic E-state index is 13.6. The highest BCUT2D eigenvalue weighted by Crippen LogP contribution is 2.35. The van der Waals surface area contributed by atoms with E-state index >= 15 is 0 Å². The van der Waals surface area contributed by atoms with E-state index in [1.807, 2.05) is 56.1 Å². The summed E-state index contributed by atoms with van der Waals surface area (Å²) in [6.45, 7) is 5.41. The molecule has 0 radical (unpaired) electrons. The molecule has 2 fully saturated rings. The topological polar surface area (TPSA) is 131 Å². The van der Waals surface area contributed by atoms with E-state index in [1.54, 1.807) is 12.4 Å². The van der Waals surface area contributed by atoms with Crippen LogP contribution in [0.15, 0.2) is 60.9 Å². The zero-order valence-electron chi connectivity index (χ0n) is 30.0. The fourth-order valence-corrected chi connectivity index (χ4v) is 6.41. The van der Waals surface area contributed by atoms with E-state index in [0.717, 1.165) is 71.9 Å². The van der Waals surface area contributed by atoms with Crippen molar-refractivity contribution in [1.29, 1.82) is 0 Å². The van der Waals surface area contributed by atoms with Crippen molar-refractivity contribution in [2.45, 2.75) is 57.7 Å². The van der Waals surface area contributed by atoms with Crippen LogP contribution in [0.3, 0.4) is 0 Å². The monoisotopic (exact) mass is 802 g/mol. The van der Waals surface area contributed by atoms with E-state index in [-0.39, 0.29) is 73.5 Å². The van der Waals surface area contributed by atoms with Gasteiger partial charge in [-0.2, -0.15) is 0 Å². The van der Waals surface area contributed by atoms with Gasteiger partial charge in [-0.3, -0.25) is 4.79 Å². The highest BCUT2D eigenvalue weighted by Gasteiger charge is 2.37. The van der Waals surface area contributed by atoms with Gasteiger partial charge in [-0.05, 0) is 80.2 Å². The Kier molecular flexibility index (Phi) is 17.6. The SMILES string of the molecule is COC(=O)N[C@H](C(=O)N1CCCC1c1ncc(-c2ccc(C#CC#Cc3cnc(C4CCCN4)[nH]3)c(N(C)c3ccccc3)c2)[nH]1)C(C)C.Cl.Cl.Cl.Cl. The number of ether oxygens (including phenoxy) is 1. The number of imidazole rings is 2. The second-order valence-corrected chi connectivity index (χ2v) is 12.7. The largest absolute Gasteiger partial charge is 0.453 e. The molecule has 284 valence electrons. The molecule has 2 saturated heterocycles. The number of carbonyl (C=O) groups excluding carboxylic acids is 2. The van der Waals surface area contributed by atoms with Gasteiger partial charge in [-0.15, -0.1) is 49.6 Å². The third-order valence-corrected chi connectivity index (χ3v) is 9.09. The summed E-state index contributed by atoms with van der Waals surface area (Å²) in [6.07, 6.45) is 6.78. The van der Waals surface area contributed by atoms with Gasteiger partial charge in [0, 0.05) is 30.4 Å². The number of nitrogens with zero attached hydrogens (tertiary/aromatic N) is 4. The Morgan fingerprint density at radius 2 is 1.68 bits per heavy atom. The number of hydrogen-bond acceptors (Lipinski definition) is 7. The normalized spacial score (nSPS) is 16.2. The van der Waals surface area contributed by atoms with Crippen molar-refractivity contribution in [2.24, 2.45) is 5.92 Å². The zero-order chi connectivity index (χ0) is 34.3. The molecule has 3 atom stereocenters. The van der Waals surface area contributed by atoms with Gasteiger partial charge in [0.1, 0.15) is 23.4 Å². The predicted octanol–water partition coefficient (Wildman–Crippen LogP) is 7.13. The first-order valence-corrected chi connectivity index (χ1v) is 16.8. The van der Waals surface area contributed by atoms with Crippen molar-refractivity contribution < 1.29 is 14.3 Å². The summed E-state index contributed by atoms with van der Waals surface area (Å²) in [5.74, 6) is 13.7. The third kappa shape index (κ3) is 10.6. The predicted molar refractivity (Wildman–Crippen MR) is 218 cm³/mol. The third-order valence-electron chi connectivity index (χ3n) is 9.09. The van der Waals surface area contributed by atoms with Crippen LogP contribution >= 0.6 is 49.6 Å². The summed E-state index contributed by atoms with van der Waals surface area (Å²) in [7, 11) is 3.31. The first-order valence-electron chi connectivity index (χ1n) is 16.8. The molecule has 0 saturated carbocycles. The van der Waals surface area contributed by atoms with Crippen molar-refractivity contribution in [3.63, 3.8) is 0 Å². The zero-order valence-corrected chi connectivity index (χ0v) is 33.2. The highest BCUT2D eigenvalue weighted by molar-refractivity contribution is 5.87. The van der Waals surface area contributed by atoms with Crippen LogP contribution in [0.1, 0.15) is 74.5 Å². The van der Waals surface area contributed by atoms with Crippen LogP contribution < -0.4 is 15.5 Å². The molecule has 11 nitrogen and oxygen atoms in total. The summed E-state index contributed by atoms with van der Waals surface area (Å²) >= 11 is 0. The fraction of sp³-hybridized carbons (Fsp3) is 0.368. The summed E-state index contributed by atoms with van der Waals surface area (Å²) in [4.78, 5) is 45.5. The first kappa shape index (κ1) is 44.8. The standard InChI is InChI=1S/C38H42N8O3.4ClH/c1-25(2)34(44-38(48)49-4)37(47)46-21-11-17-32(46)36-41-24-31(43-36)27-19-18-26(33(22-27)45(3)29-14-6-5-7-15-29)12-8-9-13-28-23-40-35(42-28)30-16-10-20-39-30;;;;/h5-7,14-15,18-19,22-25,30,32,34,39H,10-11,16-17,20-21H2,1-4H3,(H,40,42)(H,41,43)(H,44,48);4*1H/t30?,32?,34-;;;;/m0..../s1. The molecule has 2 amide bonds. The van der Waals surface area contributed by atoms with Crippen molar-refractivity contribution >= 4 is 73.0 Å². The van der Waals surface area contributed by atoms with Gasteiger partial charge < -0.3 is 35.1 Å². The maximum absolute atomic E-state index is 13.6. The van der Waals surface area contributed by atoms with E-state index in [9.17, 15) is 9.59 Å². The molecule has 0 bridgehead atoms. The van der Waals surface area contributed by atoms with Crippen LogP contribution in [0, 0.1) is 29.6 Å². The number of anilines is 2. The van der Waals surface area contributed by atoms with Gasteiger partial charge in [0.25, 0.3) is 0 Å². The molecule has 4 aromatic rings. The Hall–Kier alpha value is -4.36. The number of aromatic nitrogens is 4. The van der Waals surface area contributed by atoms with Gasteiger partial charge in [-0.25, -0.2) is 14.8 Å². The molecular weight excluding hydrogens is 758 g/mol. The minimum absolute atomic E-state index is 0. The van der Waals surface area contributed by atoms with E-state index in [1.165, 1.54) is 7.11 Å². The minimum atomic E-state index is -0.692.